The molecule has 30 heavy (non-hydrogen) atoms. The van der Waals surface area contributed by atoms with Crippen LogP contribution < -0.4 is 5.56 Å². The minimum absolute atomic E-state index is 0.0680. The van der Waals surface area contributed by atoms with Crippen molar-refractivity contribution in [3.63, 3.8) is 0 Å². The minimum Gasteiger partial charge on any atom is -0.319 e. The van der Waals surface area contributed by atoms with E-state index in [1.807, 2.05) is 35.7 Å². The van der Waals surface area contributed by atoms with Crippen LogP contribution in [0.25, 0.3) is 22.1 Å². The van der Waals surface area contributed by atoms with Crippen molar-refractivity contribution >= 4 is 22.1 Å². The molecule has 0 saturated heterocycles. The van der Waals surface area contributed by atoms with Crippen molar-refractivity contribution in [3.8, 4) is 6.07 Å². The number of hydrogen-bond donors (Lipinski definition) is 1. The van der Waals surface area contributed by atoms with Gasteiger partial charge in [0.25, 0.3) is 5.56 Å². The van der Waals surface area contributed by atoms with E-state index in [0.717, 1.165) is 48.3 Å². The van der Waals surface area contributed by atoms with Gasteiger partial charge in [-0.25, -0.2) is 4.98 Å². The van der Waals surface area contributed by atoms with Crippen LogP contribution in [0.4, 0.5) is 0 Å². The molecule has 0 unspecified atom stereocenters. The highest BCUT2D eigenvalue weighted by Crippen LogP contribution is 2.25. The molecule has 6 heteroatoms. The van der Waals surface area contributed by atoms with Gasteiger partial charge in [0.05, 0.1) is 11.0 Å². The Hall–Kier alpha value is -3.69. The monoisotopic (exact) mass is 395 g/mol. The van der Waals surface area contributed by atoms with Crippen molar-refractivity contribution < 1.29 is 0 Å². The second-order valence-electron chi connectivity index (χ2n) is 7.72. The molecule has 3 aromatic heterocycles. The molecule has 0 amide bonds. The number of pyridine rings is 1. The van der Waals surface area contributed by atoms with E-state index in [0.29, 0.717) is 11.2 Å². The van der Waals surface area contributed by atoms with Gasteiger partial charge in [0, 0.05) is 31.5 Å². The summed E-state index contributed by atoms with van der Waals surface area (Å²) < 4.78 is 1.93. The average Bonchev–Trinajstić information content (AvgIpc) is 3.25. The van der Waals surface area contributed by atoms with E-state index in [1.165, 1.54) is 11.1 Å². The summed E-state index contributed by atoms with van der Waals surface area (Å²) >= 11 is 0. The summed E-state index contributed by atoms with van der Waals surface area (Å²) in [6.45, 7) is 4.60. The predicted molar refractivity (Wildman–Crippen MR) is 117 cm³/mol. The van der Waals surface area contributed by atoms with Crippen LogP contribution in [0.1, 0.15) is 28.9 Å². The average molecular weight is 395 g/mol. The molecule has 5 rings (SSSR count). The molecule has 1 aliphatic rings. The number of aryl methyl sites for hydroxylation is 1. The number of hydrogen-bond acceptors (Lipinski definition) is 4. The van der Waals surface area contributed by atoms with Crippen molar-refractivity contribution in [1.29, 1.82) is 5.26 Å². The molecule has 0 bridgehead atoms. The number of fused-ring (bicyclic) bond motifs is 3. The first kappa shape index (κ1) is 18.3. The van der Waals surface area contributed by atoms with Crippen LogP contribution in [0.15, 0.2) is 59.5 Å². The zero-order valence-corrected chi connectivity index (χ0v) is 16.7. The van der Waals surface area contributed by atoms with Gasteiger partial charge < -0.3 is 9.38 Å². The molecule has 6 nitrogen and oxygen atoms in total. The standard InChI is InChI=1S/C24H21N5O/c1-16-20(6-5-19(14-25)26-16)18-8-11-28(12-9-18)15-17-4-7-22-21(13-17)27-24(30)23-3-2-10-29(22)23/h2-8,10,13H,9,11-12,15H2,1H3,(H,27,30). The molecular weight excluding hydrogens is 374 g/mol. The quantitative estimate of drug-likeness (QED) is 0.574. The highest BCUT2D eigenvalue weighted by molar-refractivity contribution is 5.79. The van der Waals surface area contributed by atoms with Crippen molar-refractivity contribution in [3.05, 3.63) is 87.6 Å². The van der Waals surface area contributed by atoms with Gasteiger partial charge in [0.1, 0.15) is 17.3 Å². The fraction of sp³-hybridized carbons (Fsp3) is 0.208. The predicted octanol–water partition coefficient (Wildman–Crippen LogP) is 3.65. The van der Waals surface area contributed by atoms with Crippen LogP contribution in [0.2, 0.25) is 0 Å². The molecule has 1 N–H and O–H groups in total. The van der Waals surface area contributed by atoms with Crippen molar-refractivity contribution in [2.45, 2.75) is 19.9 Å². The lowest BCUT2D eigenvalue weighted by Gasteiger charge is -2.27. The van der Waals surface area contributed by atoms with E-state index in [2.05, 4.69) is 45.2 Å². The summed E-state index contributed by atoms with van der Waals surface area (Å²) in [7, 11) is 0. The van der Waals surface area contributed by atoms with E-state index in [4.69, 9.17) is 5.26 Å². The zero-order chi connectivity index (χ0) is 20.7. The van der Waals surface area contributed by atoms with Gasteiger partial charge in [0.15, 0.2) is 0 Å². The molecule has 1 aliphatic heterocycles. The molecule has 148 valence electrons. The summed E-state index contributed by atoms with van der Waals surface area (Å²) in [5, 5.41) is 9.01. The van der Waals surface area contributed by atoms with E-state index in [9.17, 15) is 4.79 Å². The Bertz CT molecular complexity index is 1400. The molecule has 0 spiro atoms. The molecule has 0 saturated carbocycles. The summed E-state index contributed by atoms with van der Waals surface area (Å²) in [6, 6.07) is 15.9. The Morgan fingerprint density at radius 2 is 2.10 bits per heavy atom. The molecule has 1 aromatic carbocycles. The summed E-state index contributed by atoms with van der Waals surface area (Å²) in [4.78, 5) is 22.0. The van der Waals surface area contributed by atoms with E-state index < -0.39 is 0 Å². The first-order chi connectivity index (χ1) is 14.6. The van der Waals surface area contributed by atoms with Crippen molar-refractivity contribution in [2.24, 2.45) is 0 Å². The molecule has 0 radical (unpaired) electrons. The molecule has 4 heterocycles. The third-order valence-electron chi connectivity index (χ3n) is 5.80. The first-order valence-corrected chi connectivity index (χ1v) is 10.0. The number of aromatic nitrogens is 3. The van der Waals surface area contributed by atoms with Gasteiger partial charge in [-0.05, 0) is 60.4 Å². The maximum absolute atomic E-state index is 12.3. The molecular formula is C24H21N5O. The lowest BCUT2D eigenvalue weighted by Crippen LogP contribution is -2.28. The molecule has 0 aliphatic carbocycles. The third-order valence-corrected chi connectivity index (χ3v) is 5.80. The number of nitrogens with zero attached hydrogens (tertiary/aromatic N) is 4. The van der Waals surface area contributed by atoms with Crippen LogP contribution in [-0.4, -0.2) is 32.4 Å². The fourth-order valence-electron chi connectivity index (χ4n) is 4.27. The van der Waals surface area contributed by atoms with Gasteiger partial charge >= 0.3 is 0 Å². The van der Waals surface area contributed by atoms with Crippen LogP contribution >= 0.6 is 0 Å². The number of aromatic amines is 1. The fourth-order valence-corrected chi connectivity index (χ4v) is 4.27. The first-order valence-electron chi connectivity index (χ1n) is 10.0. The van der Waals surface area contributed by atoms with Gasteiger partial charge in [-0.15, -0.1) is 0 Å². The second kappa shape index (κ2) is 7.29. The van der Waals surface area contributed by atoms with Gasteiger partial charge in [-0.1, -0.05) is 18.2 Å². The van der Waals surface area contributed by atoms with Crippen LogP contribution in [0, 0.1) is 18.3 Å². The van der Waals surface area contributed by atoms with E-state index >= 15 is 0 Å². The normalized spacial score (nSPS) is 14.7. The maximum Gasteiger partial charge on any atom is 0.272 e. The van der Waals surface area contributed by atoms with Crippen LogP contribution in [-0.2, 0) is 6.54 Å². The highest BCUT2D eigenvalue weighted by atomic mass is 16.1. The SMILES string of the molecule is Cc1nc(C#N)ccc1C1=CCN(Cc2ccc3c(c2)[nH]c(=O)c2cccn23)CC1. The Morgan fingerprint density at radius 1 is 1.20 bits per heavy atom. The van der Waals surface area contributed by atoms with Crippen molar-refractivity contribution in [2.75, 3.05) is 13.1 Å². The molecule has 0 fully saturated rings. The van der Waals surface area contributed by atoms with E-state index in [-0.39, 0.29) is 5.56 Å². The number of H-pyrrole nitrogens is 1. The Balaban J connectivity index is 1.36. The Morgan fingerprint density at radius 3 is 2.87 bits per heavy atom. The molecule has 0 atom stereocenters. The Labute approximate surface area is 173 Å². The van der Waals surface area contributed by atoms with Crippen LogP contribution in [0.5, 0.6) is 0 Å². The lowest BCUT2D eigenvalue weighted by atomic mass is 9.97. The zero-order valence-electron chi connectivity index (χ0n) is 16.7. The smallest absolute Gasteiger partial charge is 0.272 e. The molecule has 4 aromatic rings. The number of benzene rings is 1. The summed E-state index contributed by atoms with van der Waals surface area (Å²) in [6.07, 6.45) is 5.12. The number of nitriles is 1. The van der Waals surface area contributed by atoms with Crippen LogP contribution in [0.3, 0.4) is 0 Å². The summed E-state index contributed by atoms with van der Waals surface area (Å²) in [5.41, 5.74) is 7.42. The minimum atomic E-state index is -0.0680. The number of nitrogens with one attached hydrogen (secondary N) is 1. The van der Waals surface area contributed by atoms with Gasteiger partial charge in [-0.3, -0.25) is 9.69 Å². The maximum atomic E-state index is 12.3. The van der Waals surface area contributed by atoms with E-state index in [1.54, 1.807) is 6.07 Å². The number of rotatable bonds is 3. The van der Waals surface area contributed by atoms with Gasteiger partial charge in [0.2, 0.25) is 0 Å². The summed E-state index contributed by atoms with van der Waals surface area (Å²) in [5.74, 6) is 0. The topological polar surface area (TPSA) is 77.2 Å². The third kappa shape index (κ3) is 3.19. The largest absolute Gasteiger partial charge is 0.319 e. The Kier molecular flexibility index (Phi) is 4.46. The highest BCUT2D eigenvalue weighted by Gasteiger charge is 2.16. The lowest BCUT2D eigenvalue weighted by molar-refractivity contribution is 0.294. The van der Waals surface area contributed by atoms with Gasteiger partial charge in [-0.2, -0.15) is 5.26 Å². The second-order valence-corrected chi connectivity index (χ2v) is 7.72. The van der Waals surface area contributed by atoms with Crippen molar-refractivity contribution in [1.82, 2.24) is 19.3 Å².